The Kier molecular flexibility index (Phi) is 4.53. The average molecular weight is 292 g/mol. The van der Waals surface area contributed by atoms with Crippen molar-refractivity contribution in [3.8, 4) is 0 Å². The molecule has 7 nitrogen and oxygen atoms in total. The van der Waals surface area contributed by atoms with Crippen LogP contribution in [0, 0.1) is 0 Å². The van der Waals surface area contributed by atoms with Gasteiger partial charge in [0, 0.05) is 6.54 Å². The lowest BCUT2D eigenvalue weighted by molar-refractivity contribution is -0.146. The molecule has 1 unspecified atom stereocenters. The highest BCUT2D eigenvalue weighted by atomic mass is 32.2. The summed E-state index contributed by atoms with van der Waals surface area (Å²) in [6, 6.07) is -1.52. The fraction of sp³-hybridized carbons (Fsp3) is 0.857. The number of ether oxygens (including phenoxy) is 1. The number of morpholine rings is 1. The van der Waals surface area contributed by atoms with Gasteiger partial charge in [-0.1, -0.05) is 0 Å². The zero-order valence-electron chi connectivity index (χ0n) is 8.98. The molecule has 1 atom stereocenters. The smallest absolute Gasteiger partial charge is 0.402 e. The maximum absolute atomic E-state index is 11.9. The summed E-state index contributed by atoms with van der Waals surface area (Å²) in [5.41, 5.74) is 0. The molecule has 1 aliphatic heterocycles. The van der Waals surface area contributed by atoms with Gasteiger partial charge in [0.15, 0.2) is 0 Å². The Balaban J connectivity index is 2.78. The summed E-state index contributed by atoms with van der Waals surface area (Å²) < 4.78 is 65.4. The minimum absolute atomic E-state index is 0.0727. The van der Waals surface area contributed by atoms with Crippen LogP contribution in [0.4, 0.5) is 13.2 Å². The normalized spacial score (nSPS) is 22.9. The third-order valence-corrected chi connectivity index (χ3v) is 3.69. The van der Waals surface area contributed by atoms with E-state index in [-0.39, 0.29) is 13.2 Å². The van der Waals surface area contributed by atoms with Crippen molar-refractivity contribution in [3.63, 3.8) is 0 Å². The highest BCUT2D eigenvalue weighted by Gasteiger charge is 2.39. The summed E-state index contributed by atoms with van der Waals surface area (Å²) in [5, 5.41) is 8.76. The number of carboxylic acid groups (broad SMARTS) is 1. The van der Waals surface area contributed by atoms with E-state index < -0.39 is 41.5 Å². The summed E-state index contributed by atoms with van der Waals surface area (Å²) in [7, 11) is -4.51. The molecule has 0 aliphatic carbocycles. The number of hydrogen-bond donors (Lipinski definition) is 2. The molecular weight excluding hydrogens is 281 g/mol. The second-order valence-electron chi connectivity index (χ2n) is 3.48. The van der Waals surface area contributed by atoms with Crippen LogP contribution in [0.25, 0.3) is 0 Å². The van der Waals surface area contributed by atoms with Crippen LogP contribution in [0.1, 0.15) is 0 Å². The van der Waals surface area contributed by atoms with Gasteiger partial charge in [0.1, 0.15) is 12.6 Å². The van der Waals surface area contributed by atoms with E-state index in [0.717, 1.165) is 0 Å². The second-order valence-corrected chi connectivity index (χ2v) is 5.19. The predicted octanol–water partition coefficient (Wildman–Crippen LogP) is -0.832. The van der Waals surface area contributed by atoms with E-state index in [1.807, 2.05) is 0 Å². The molecule has 0 amide bonds. The largest absolute Gasteiger partial charge is 0.480 e. The first-order chi connectivity index (χ1) is 8.13. The molecule has 2 N–H and O–H groups in total. The van der Waals surface area contributed by atoms with E-state index in [4.69, 9.17) is 9.84 Å². The van der Waals surface area contributed by atoms with Gasteiger partial charge in [0.2, 0.25) is 0 Å². The van der Waals surface area contributed by atoms with E-state index in [9.17, 15) is 26.4 Å². The van der Waals surface area contributed by atoms with Gasteiger partial charge in [-0.3, -0.25) is 4.79 Å². The lowest BCUT2D eigenvalue weighted by Crippen LogP contribution is -2.56. The first-order valence-electron chi connectivity index (χ1n) is 4.77. The maximum atomic E-state index is 11.9. The Morgan fingerprint density at radius 2 is 2.11 bits per heavy atom. The fourth-order valence-corrected chi connectivity index (χ4v) is 2.64. The van der Waals surface area contributed by atoms with Gasteiger partial charge in [-0.25, -0.2) is 0 Å². The molecule has 1 fully saturated rings. The molecule has 1 heterocycles. The van der Waals surface area contributed by atoms with Crippen LogP contribution in [0.5, 0.6) is 0 Å². The van der Waals surface area contributed by atoms with Crippen LogP contribution in [-0.4, -0.2) is 62.3 Å². The quantitative estimate of drug-likeness (QED) is 0.705. The van der Waals surface area contributed by atoms with Crippen LogP contribution in [-0.2, 0) is 19.7 Å². The molecule has 106 valence electrons. The topological polar surface area (TPSA) is 95.9 Å². The molecule has 0 bridgehead atoms. The number of alkyl halides is 3. The lowest BCUT2D eigenvalue weighted by atomic mass is 10.3. The number of nitrogens with zero attached hydrogens (tertiary/aromatic N) is 1. The summed E-state index contributed by atoms with van der Waals surface area (Å²) in [6.45, 7) is -2.54. The summed E-state index contributed by atoms with van der Waals surface area (Å²) in [6.07, 6.45) is -4.71. The Bertz CT molecular complexity index is 410. The number of carbonyl (C=O) groups is 1. The summed E-state index contributed by atoms with van der Waals surface area (Å²) in [5.74, 6) is -1.48. The standard InChI is InChI=1S/C7H11F3N2O5S/c8-7(9,10)4-11-18(15,16)12-1-2-17-3-5(12)6(13)14/h5,11H,1-4H2,(H,13,14). The van der Waals surface area contributed by atoms with Crippen molar-refractivity contribution in [1.29, 1.82) is 0 Å². The number of nitrogens with one attached hydrogen (secondary N) is 1. The zero-order valence-corrected chi connectivity index (χ0v) is 9.79. The highest BCUT2D eigenvalue weighted by Crippen LogP contribution is 2.15. The van der Waals surface area contributed by atoms with Gasteiger partial charge in [0.25, 0.3) is 10.2 Å². The zero-order chi connectivity index (χ0) is 14.0. The van der Waals surface area contributed by atoms with Crippen LogP contribution in [0.2, 0.25) is 0 Å². The molecule has 0 spiro atoms. The molecule has 18 heavy (non-hydrogen) atoms. The van der Waals surface area contributed by atoms with E-state index in [2.05, 4.69) is 0 Å². The van der Waals surface area contributed by atoms with Crippen molar-refractivity contribution in [2.24, 2.45) is 0 Å². The minimum Gasteiger partial charge on any atom is -0.480 e. The molecule has 0 aromatic carbocycles. The van der Waals surface area contributed by atoms with Crippen LogP contribution >= 0.6 is 0 Å². The number of halogens is 3. The van der Waals surface area contributed by atoms with Crippen molar-refractivity contribution in [2.45, 2.75) is 12.2 Å². The first kappa shape index (κ1) is 15.1. The van der Waals surface area contributed by atoms with Crippen molar-refractivity contribution in [2.75, 3.05) is 26.3 Å². The third-order valence-electron chi connectivity index (χ3n) is 2.13. The maximum Gasteiger partial charge on any atom is 0.402 e. The summed E-state index contributed by atoms with van der Waals surface area (Å²) >= 11 is 0. The van der Waals surface area contributed by atoms with Crippen LogP contribution < -0.4 is 4.72 Å². The first-order valence-corrected chi connectivity index (χ1v) is 6.21. The fourth-order valence-electron chi connectivity index (χ4n) is 1.33. The van der Waals surface area contributed by atoms with Gasteiger partial charge in [0.05, 0.1) is 13.2 Å². The van der Waals surface area contributed by atoms with Crippen molar-refractivity contribution in [3.05, 3.63) is 0 Å². The monoisotopic (exact) mass is 292 g/mol. The second kappa shape index (κ2) is 5.38. The highest BCUT2D eigenvalue weighted by molar-refractivity contribution is 7.87. The molecule has 0 aromatic rings. The molecule has 0 saturated carbocycles. The van der Waals surface area contributed by atoms with Crippen molar-refractivity contribution < 1.29 is 36.2 Å². The van der Waals surface area contributed by atoms with Gasteiger partial charge in [-0.05, 0) is 0 Å². The number of carboxylic acids is 1. The van der Waals surface area contributed by atoms with Crippen LogP contribution in [0.15, 0.2) is 0 Å². The molecule has 1 saturated heterocycles. The molecule has 0 aromatic heterocycles. The van der Waals surface area contributed by atoms with Gasteiger partial charge in [-0.15, -0.1) is 0 Å². The number of aliphatic carboxylic acids is 1. The SMILES string of the molecule is O=C(O)C1COCCN1S(=O)(=O)NCC(F)(F)F. The molecule has 1 aliphatic rings. The van der Waals surface area contributed by atoms with E-state index in [1.54, 1.807) is 0 Å². The molecule has 0 radical (unpaired) electrons. The summed E-state index contributed by atoms with van der Waals surface area (Å²) in [4.78, 5) is 10.8. The van der Waals surface area contributed by atoms with Crippen LogP contribution in [0.3, 0.4) is 0 Å². The third kappa shape index (κ3) is 4.08. The van der Waals surface area contributed by atoms with Gasteiger partial charge >= 0.3 is 12.1 Å². The number of rotatable bonds is 4. The Hall–Kier alpha value is -0.910. The Morgan fingerprint density at radius 3 is 2.61 bits per heavy atom. The predicted molar refractivity (Wildman–Crippen MR) is 51.9 cm³/mol. The minimum atomic E-state index is -4.71. The van der Waals surface area contributed by atoms with E-state index >= 15 is 0 Å². The average Bonchev–Trinajstić information content (AvgIpc) is 2.26. The van der Waals surface area contributed by atoms with Gasteiger partial charge in [-0.2, -0.15) is 30.6 Å². The van der Waals surface area contributed by atoms with Crippen molar-refractivity contribution in [1.82, 2.24) is 9.03 Å². The van der Waals surface area contributed by atoms with E-state index in [0.29, 0.717) is 4.31 Å². The number of hydrogen-bond acceptors (Lipinski definition) is 4. The molecule has 1 rings (SSSR count). The van der Waals surface area contributed by atoms with Gasteiger partial charge < -0.3 is 9.84 Å². The molecular formula is C7H11F3N2O5S. The van der Waals surface area contributed by atoms with Crippen molar-refractivity contribution >= 4 is 16.2 Å². The Morgan fingerprint density at radius 1 is 1.50 bits per heavy atom. The van der Waals surface area contributed by atoms with E-state index in [1.165, 1.54) is 4.72 Å². The molecule has 11 heteroatoms. The Labute approximate surface area is 101 Å². The lowest BCUT2D eigenvalue weighted by Gasteiger charge is -2.31.